The number of hydrogen-bond donors (Lipinski definition) is 2. The number of thiophene rings is 1. The third-order valence-corrected chi connectivity index (χ3v) is 6.19. The van der Waals surface area contributed by atoms with Crippen molar-refractivity contribution >= 4 is 23.0 Å². The predicted octanol–water partition coefficient (Wildman–Crippen LogP) is 6.28. The van der Waals surface area contributed by atoms with Gasteiger partial charge in [-0.15, -0.1) is 11.3 Å². The Bertz CT molecular complexity index is 1130. The molecule has 0 aliphatic carbocycles. The Labute approximate surface area is 203 Å². The first-order valence-electron chi connectivity index (χ1n) is 10.9. The van der Waals surface area contributed by atoms with Gasteiger partial charge in [-0.1, -0.05) is 36.4 Å². The lowest BCUT2D eigenvalue weighted by Gasteiger charge is -2.26. The standard InChI is InChI=1S/C27H29NO5S/c1-19(25-10-7-17-34-25)28-24(20(2)29)15-16-32-22-13-11-21(12-14-22)18-27(3,26(30)31)33-23-8-5-4-6-9-23/h4-14,17,29H,15-16,18H2,1-3H3,(H,30,31)/b24-20-,28-19+/t27-/m0/s1. The average molecular weight is 480 g/mol. The first-order chi connectivity index (χ1) is 16.3. The van der Waals surface area contributed by atoms with E-state index in [1.807, 2.05) is 42.6 Å². The van der Waals surface area contributed by atoms with Crippen molar-refractivity contribution in [1.29, 1.82) is 0 Å². The van der Waals surface area contributed by atoms with Gasteiger partial charge in [0.15, 0.2) is 0 Å². The maximum Gasteiger partial charge on any atom is 0.348 e. The number of aliphatic hydroxyl groups excluding tert-OH is 1. The molecule has 0 spiro atoms. The largest absolute Gasteiger partial charge is 0.511 e. The van der Waals surface area contributed by atoms with Crippen LogP contribution >= 0.6 is 11.3 Å². The molecule has 0 unspecified atom stereocenters. The van der Waals surface area contributed by atoms with Crippen molar-refractivity contribution in [3.05, 3.63) is 94.0 Å². The van der Waals surface area contributed by atoms with Crippen molar-refractivity contribution in [3.63, 3.8) is 0 Å². The van der Waals surface area contributed by atoms with E-state index in [0.29, 0.717) is 30.2 Å². The SMILES string of the molecule is C/C(O)=C(CCOc1ccc(C[C@](C)(Oc2ccccc2)C(=O)O)cc1)/N=C(\C)c1cccs1. The van der Waals surface area contributed by atoms with Crippen molar-refractivity contribution in [1.82, 2.24) is 0 Å². The Kier molecular flexibility index (Phi) is 8.49. The lowest BCUT2D eigenvalue weighted by Crippen LogP contribution is -2.43. The normalized spacial score (nSPS) is 14.1. The van der Waals surface area contributed by atoms with E-state index in [4.69, 9.17) is 9.47 Å². The number of carbonyl (C=O) groups is 1. The summed E-state index contributed by atoms with van der Waals surface area (Å²) in [6.45, 7) is 5.45. The highest BCUT2D eigenvalue weighted by Gasteiger charge is 2.36. The molecule has 0 saturated heterocycles. The number of allylic oxidation sites excluding steroid dienone is 1. The number of hydrogen-bond acceptors (Lipinski definition) is 6. The number of carboxylic acid groups (broad SMARTS) is 1. The van der Waals surface area contributed by atoms with Gasteiger partial charge in [0.2, 0.25) is 5.60 Å². The Balaban J connectivity index is 1.59. The smallest absolute Gasteiger partial charge is 0.348 e. The number of para-hydroxylation sites is 1. The second kappa shape index (κ2) is 11.5. The molecule has 0 amide bonds. The van der Waals surface area contributed by atoms with E-state index in [-0.39, 0.29) is 12.2 Å². The quantitative estimate of drug-likeness (QED) is 0.250. The predicted molar refractivity (Wildman–Crippen MR) is 135 cm³/mol. The van der Waals surface area contributed by atoms with Crippen molar-refractivity contribution in [2.24, 2.45) is 4.99 Å². The summed E-state index contributed by atoms with van der Waals surface area (Å²) in [5, 5.41) is 21.8. The summed E-state index contributed by atoms with van der Waals surface area (Å²) in [6.07, 6.45) is 0.652. The second-order valence-electron chi connectivity index (χ2n) is 8.08. The fourth-order valence-corrected chi connectivity index (χ4v) is 4.00. The molecular formula is C27H29NO5S. The zero-order valence-corrected chi connectivity index (χ0v) is 20.3. The van der Waals surface area contributed by atoms with E-state index < -0.39 is 11.6 Å². The Morgan fingerprint density at radius 2 is 1.68 bits per heavy atom. The first kappa shape index (κ1) is 25.1. The molecule has 3 aromatic rings. The van der Waals surface area contributed by atoms with E-state index in [0.717, 1.165) is 16.2 Å². The number of carboxylic acids is 1. The molecule has 0 saturated carbocycles. The van der Waals surface area contributed by atoms with Gasteiger partial charge in [0, 0.05) is 17.7 Å². The highest BCUT2D eigenvalue weighted by atomic mass is 32.1. The Morgan fingerprint density at radius 1 is 0.971 bits per heavy atom. The molecule has 7 heteroatoms. The number of nitrogens with zero attached hydrogens (tertiary/aromatic N) is 1. The van der Waals surface area contributed by atoms with Crippen LogP contribution in [0.15, 0.2) is 88.6 Å². The van der Waals surface area contributed by atoms with Gasteiger partial charge < -0.3 is 19.7 Å². The monoisotopic (exact) mass is 479 g/mol. The molecule has 2 N–H and O–H groups in total. The van der Waals surface area contributed by atoms with Gasteiger partial charge in [0.05, 0.1) is 18.0 Å². The lowest BCUT2D eigenvalue weighted by molar-refractivity contribution is -0.153. The second-order valence-corrected chi connectivity index (χ2v) is 9.02. The molecular weight excluding hydrogens is 450 g/mol. The van der Waals surface area contributed by atoms with Crippen LogP contribution in [0.4, 0.5) is 0 Å². The van der Waals surface area contributed by atoms with E-state index in [1.54, 1.807) is 61.6 Å². The number of ether oxygens (including phenoxy) is 2. The van der Waals surface area contributed by atoms with Gasteiger partial charge in [-0.25, -0.2) is 4.79 Å². The van der Waals surface area contributed by atoms with Crippen LogP contribution in [-0.4, -0.2) is 34.1 Å². The van der Waals surface area contributed by atoms with Crippen molar-refractivity contribution in [2.45, 2.75) is 39.2 Å². The zero-order valence-electron chi connectivity index (χ0n) is 19.5. The van der Waals surface area contributed by atoms with Crippen molar-refractivity contribution < 1.29 is 24.5 Å². The molecule has 34 heavy (non-hydrogen) atoms. The average Bonchev–Trinajstić information content (AvgIpc) is 3.35. The van der Waals surface area contributed by atoms with Crippen LogP contribution in [0.5, 0.6) is 11.5 Å². The topological polar surface area (TPSA) is 88.3 Å². The molecule has 0 radical (unpaired) electrons. The maximum absolute atomic E-state index is 11.9. The number of aliphatic imine (C=N–C) groups is 1. The lowest BCUT2D eigenvalue weighted by atomic mass is 9.96. The molecule has 0 bridgehead atoms. The van der Waals surface area contributed by atoms with E-state index in [2.05, 4.69) is 4.99 Å². The highest BCUT2D eigenvalue weighted by molar-refractivity contribution is 7.12. The van der Waals surface area contributed by atoms with Gasteiger partial charge in [-0.2, -0.15) is 0 Å². The van der Waals surface area contributed by atoms with E-state index in [9.17, 15) is 15.0 Å². The Morgan fingerprint density at radius 3 is 2.26 bits per heavy atom. The minimum Gasteiger partial charge on any atom is -0.511 e. The van der Waals surface area contributed by atoms with Crippen molar-refractivity contribution in [2.75, 3.05) is 6.61 Å². The molecule has 0 aliphatic heterocycles. The van der Waals surface area contributed by atoms with Crippen LogP contribution < -0.4 is 9.47 Å². The van der Waals surface area contributed by atoms with Crippen LogP contribution in [0.1, 0.15) is 37.6 Å². The molecule has 6 nitrogen and oxygen atoms in total. The summed E-state index contributed by atoms with van der Waals surface area (Å²) in [7, 11) is 0. The summed E-state index contributed by atoms with van der Waals surface area (Å²) in [5.74, 6) is 0.293. The molecule has 1 heterocycles. The van der Waals surface area contributed by atoms with E-state index >= 15 is 0 Å². The first-order valence-corrected chi connectivity index (χ1v) is 11.8. The van der Waals surface area contributed by atoms with Gasteiger partial charge in [-0.05, 0) is 62.0 Å². The number of aliphatic hydroxyl groups is 1. The highest BCUT2D eigenvalue weighted by Crippen LogP contribution is 2.24. The molecule has 0 fully saturated rings. The zero-order chi connectivity index (χ0) is 24.6. The molecule has 1 atom stereocenters. The number of rotatable bonds is 11. The van der Waals surface area contributed by atoms with E-state index in [1.165, 1.54) is 0 Å². The fraction of sp³-hybridized carbons (Fsp3) is 0.259. The van der Waals surface area contributed by atoms with Gasteiger partial charge in [-0.3, -0.25) is 4.99 Å². The molecule has 3 rings (SSSR count). The van der Waals surface area contributed by atoms with Crippen molar-refractivity contribution in [3.8, 4) is 11.5 Å². The summed E-state index contributed by atoms with van der Waals surface area (Å²) in [5.41, 5.74) is 0.844. The van der Waals surface area contributed by atoms with Crippen LogP contribution in [0.25, 0.3) is 0 Å². The Hall–Kier alpha value is -3.58. The van der Waals surface area contributed by atoms with Crippen LogP contribution in [0, 0.1) is 0 Å². The summed E-state index contributed by atoms with van der Waals surface area (Å²) in [6, 6.07) is 20.2. The minimum absolute atomic E-state index is 0.168. The third-order valence-electron chi connectivity index (χ3n) is 5.21. The van der Waals surface area contributed by atoms with Crippen LogP contribution in [0.3, 0.4) is 0 Å². The van der Waals surface area contributed by atoms with Gasteiger partial charge in [0.1, 0.15) is 17.3 Å². The third kappa shape index (κ3) is 6.96. The molecule has 178 valence electrons. The van der Waals surface area contributed by atoms with Crippen LogP contribution in [-0.2, 0) is 11.2 Å². The fourth-order valence-electron chi connectivity index (χ4n) is 3.32. The molecule has 1 aromatic heterocycles. The maximum atomic E-state index is 11.9. The summed E-state index contributed by atoms with van der Waals surface area (Å²) < 4.78 is 11.6. The minimum atomic E-state index is -1.40. The van der Waals surface area contributed by atoms with Gasteiger partial charge in [0.25, 0.3) is 0 Å². The summed E-state index contributed by atoms with van der Waals surface area (Å²) in [4.78, 5) is 17.5. The molecule has 0 aliphatic rings. The number of aliphatic carboxylic acids is 1. The van der Waals surface area contributed by atoms with Gasteiger partial charge >= 0.3 is 5.97 Å². The number of benzene rings is 2. The molecule has 2 aromatic carbocycles. The summed E-state index contributed by atoms with van der Waals surface area (Å²) >= 11 is 1.60. The van der Waals surface area contributed by atoms with Crippen LogP contribution in [0.2, 0.25) is 0 Å².